The number of halogens is 1. The molecule has 122 valence electrons. The highest BCUT2D eigenvalue weighted by atomic mass is 35.5. The van der Waals surface area contributed by atoms with E-state index in [-0.39, 0.29) is 11.6 Å². The van der Waals surface area contributed by atoms with Crippen molar-refractivity contribution >= 4 is 17.4 Å². The van der Waals surface area contributed by atoms with Gasteiger partial charge >= 0.3 is 0 Å². The Labute approximate surface area is 139 Å². The molecule has 0 spiro atoms. The van der Waals surface area contributed by atoms with Gasteiger partial charge in [-0.1, -0.05) is 29.8 Å². The summed E-state index contributed by atoms with van der Waals surface area (Å²) >= 11 is 6.39. The normalized spacial score (nSPS) is 16.9. The zero-order valence-electron chi connectivity index (χ0n) is 12.7. The number of H-pyrrole nitrogens is 1. The number of aromatic nitrogens is 2. The molecular formula is C16H19ClN4O2. The van der Waals surface area contributed by atoms with Crippen molar-refractivity contribution < 1.29 is 4.74 Å². The second-order valence-electron chi connectivity index (χ2n) is 5.36. The molecule has 0 aliphatic carbocycles. The molecule has 23 heavy (non-hydrogen) atoms. The maximum Gasteiger partial charge on any atom is 0.252 e. The first kappa shape index (κ1) is 16.0. The van der Waals surface area contributed by atoms with Crippen molar-refractivity contribution in [1.82, 2.24) is 14.9 Å². The number of aromatic amines is 1. The molecule has 0 bridgehead atoms. The Morgan fingerprint density at radius 3 is 2.87 bits per heavy atom. The van der Waals surface area contributed by atoms with Gasteiger partial charge in [0.1, 0.15) is 5.82 Å². The maximum absolute atomic E-state index is 11.4. The molecule has 1 fully saturated rings. The lowest BCUT2D eigenvalue weighted by atomic mass is 10.0. The Hall–Kier alpha value is -1.89. The van der Waals surface area contributed by atoms with Crippen molar-refractivity contribution in [3.63, 3.8) is 0 Å². The van der Waals surface area contributed by atoms with Crippen molar-refractivity contribution in [3.05, 3.63) is 57.6 Å². The number of rotatable bonds is 5. The fraction of sp³-hybridized carbons (Fsp3) is 0.375. The van der Waals surface area contributed by atoms with Gasteiger partial charge in [0, 0.05) is 30.7 Å². The van der Waals surface area contributed by atoms with Crippen LogP contribution >= 0.6 is 11.6 Å². The molecule has 1 atom stereocenters. The van der Waals surface area contributed by atoms with E-state index in [4.69, 9.17) is 16.3 Å². The van der Waals surface area contributed by atoms with E-state index in [1.165, 1.54) is 12.4 Å². The monoisotopic (exact) mass is 334 g/mol. The Bertz CT molecular complexity index is 700. The summed E-state index contributed by atoms with van der Waals surface area (Å²) in [5, 5.41) is 3.98. The van der Waals surface area contributed by atoms with E-state index in [9.17, 15) is 4.79 Å². The van der Waals surface area contributed by atoms with Gasteiger partial charge in [0.25, 0.3) is 5.56 Å². The summed E-state index contributed by atoms with van der Waals surface area (Å²) in [6.07, 6.45) is 1.39. The summed E-state index contributed by atoms with van der Waals surface area (Å²) in [5.41, 5.74) is 0.886. The zero-order chi connectivity index (χ0) is 16.1. The van der Waals surface area contributed by atoms with Crippen LogP contribution in [0.15, 0.2) is 41.5 Å². The lowest BCUT2D eigenvalue weighted by Crippen LogP contribution is -2.41. The Kier molecular flexibility index (Phi) is 5.27. The van der Waals surface area contributed by atoms with E-state index < -0.39 is 0 Å². The van der Waals surface area contributed by atoms with Crippen LogP contribution in [0.5, 0.6) is 0 Å². The van der Waals surface area contributed by atoms with E-state index in [0.717, 1.165) is 23.7 Å². The Morgan fingerprint density at radius 1 is 1.35 bits per heavy atom. The predicted molar refractivity (Wildman–Crippen MR) is 89.9 cm³/mol. The number of morpholine rings is 1. The van der Waals surface area contributed by atoms with Crippen molar-refractivity contribution in [2.75, 3.05) is 38.2 Å². The van der Waals surface area contributed by atoms with Crippen LogP contribution in [0.3, 0.4) is 0 Å². The first-order chi connectivity index (χ1) is 11.2. The molecule has 2 heterocycles. The SMILES string of the molecule is O=c1cc(NCC(c2ccccc2Cl)N2CCOCC2)nc[nH]1. The van der Waals surface area contributed by atoms with Crippen LogP contribution in [0.2, 0.25) is 5.02 Å². The summed E-state index contributed by atoms with van der Waals surface area (Å²) in [6, 6.07) is 9.39. The minimum Gasteiger partial charge on any atom is -0.379 e. The largest absolute Gasteiger partial charge is 0.379 e. The van der Waals surface area contributed by atoms with Crippen LogP contribution in [0, 0.1) is 0 Å². The summed E-state index contributed by atoms with van der Waals surface area (Å²) in [7, 11) is 0. The van der Waals surface area contributed by atoms with E-state index in [1.807, 2.05) is 24.3 Å². The van der Waals surface area contributed by atoms with Gasteiger partial charge in [-0.25, -0.2) is 4.98 Å². The molecule has 2 N–H and O–H groups in total. The average Bonchev–Trinajstić information content (AvgIpc) is 2.58. The van der Waals surface area contributed by atoms with E-state index in [2.05, 4.69) is 20.2 Å². The Balaban J connectivity index is 1.80. The van der Waals surface area contributed by atoms with Crippen molar-refractivity contribution in [2.45, 2.75) is 6.04 Å². The number of benzene rings is 1. The second-order valence-corrected chi connectivity index (χ2v) is 5.77. The molecule has 3 rings (SSSR count). The highest BCUT2D eigenvalue weighted by Gasteiger charge is 2.24. The molecule has 0 radical (unpaired) electrons. The minimum atomic E-state index is -0.178. The highest BCUT2D eigenvalue weighted by molar-refractivity contribution is 6.31. The molecule has 2 aromatic rings. The number of anilines is 1. The van der Waals surface area contributed by atoms with Gasteiger partial charge in [0.2, 0.25) is 0 Å². The van der Waals surface area contributed by atoms with Gasteiger partial charge in [-0.05, 0) is 11.6 Å². The van der Waals surface area contributed by atoms with Gasteiger partial charge in [-0.2, -0.15) is 0 Å². The lowest BCUT2D eigenvalue weighted by Gasteiger charge is -2.35. The summed E-state index contributed by atoms with van der Waals surface area (Å²) in [5.74, 6) is 0.555. The van der Waals surface area contributed by atoms with Gasteiger partial charge < -0.3 is 15.0 Å². The third-order valence-corrected chi connectivity index (χ3v) is 4.25. The molecule has 1 aromatic heterocycles. The summed E-state index contributed by atoms with van der Waals surface area (Å²) < 4.78 is 5.44. The number of nitrogens with zero attached hydrogens (tertiary/aromatic N) is 2. The molecule has 0 amide bonds. The standard InChI is InChI=1S/C16H19ClN4O2/c17-13-4-2-1-3-12(13)14(21-5-7-23-8-6-21)10-18-15-9-16(22)20-11-19-15/h1-4,9,11,14H,5-8,10H2,(H2,18,19,20,22). The lowest BCUT2D eigenvalue weighted by molar-refractivity contribution is 0.0187. The van der Waals surface area contributed by atoms with E-state index in [1.54, 1.807) is 0 Å². The van der Waals surface area contributed by atoms with Crippen LogP contribution < -0.4 is 10.9 Å². The Morgan fingerprint density at radius 2 is 2.13 bits per heavy atom. The topological polar surface area (TPSA) is 70.2 Å². The molecule has 1 aliphatic heterocycles. The second kappa shape index (κ2) is 7.59. The van der Waals surface area contributed by atoms with Crippen molar-refractivity contribution in [1.29, 1.82) is 0 Å². The number of nitrogens with one attached hydrogen (secondary N) is 2. The zero-order valence-corrected chi connectivity index (χ0v) is 13.4. The number of hydrogen-bond acceptors (Lipinski definition) is 5. The fourth-order valence-electron chi connectivity index (χ4n) is 2.74. The molecule has 1 aromatic carbocycles. The molecule has 7 heteroatoms. The van der Waals surface area contributed by atoms with E-state index in [0.29, 0.717) is 25.6 Å². The van der Waals surface area contributed by atoms with E-state index >= 15 is 0 Å². The quantitative estimate of drug-likeness (QED) is 0.874. The van der Waals surface area contributed by atoms with Gasteiger partial charge in [0.05, 0.1) is 25.6 Å². The van der Waals surface area contributed by atoms with Gasteiger partial charge in [-0.15, -0.1) is 0 Å². The third kappa shape index (κ3) is 4.10. The summed E-state index contributed by atoms with van der Waals surface area (Å²) in [6.45, 7) is 3.73. The maximum atomic E-state index is 11.4. The summed E-state index contributed by atoms with van der Waals surface area (Å²) in [4.78, 5) is 20.4. The van der Waals surface area contributed by atoms with Crippen LogP contribution in [0.4, 0.5) is 5.82 Å². The van der Waals surface area contributed by atoms with Crippen molar-refractivity contribution in [2.24, 2.45) is 0 Å². The third-order valence-electron chi connectivity index (χ3n) is 3.91. The molecule has 1 unspecified atom stereocenters. The van der Waals surface area contributed by atoms with Gasteiger partial charge in [0.15, 0.2) is 0 Å². The van der Waals surface area contributed by atoms with Crippen LogP contribution in [0.25, 0.3) is 0 Å². The highest BCUT2D eigenvalue weighted by Crippen LogP contribution is 2.28. The number of ether oxygens (including phenoxy) is 1. The first-order valence-electron chi connectivity index (χ1n) is 7.59. The smallest absolute Gasteiger partial charge is 0.252 e. The molecule has 1 aliphatic rings. The minimum absolute atomic E-state index is 0.0914. The predicted octanol–water partition coefficient (Wildman–Crippen LogP) is 1.91. The average molecular weight is 335 g/mol. The molecular weight excluding hydrogens is 316 g/mol. The van der Waals surface area contributed by atoms with Crippen LogP contribution in [0.1, 0.15) is 11.6 Å². The van der Waals surface area contributed by atoms with Crippen LogP contribution in [-0.4, -0.2) is 47.7 Å². The fourth-order valence-corrected chi connectivity index (χ4v) is 3.00. The first-order valence-corrected chi connectivity index (χ1v) is 7.96. The molecule has 1 saturated heterocycles. The van der Waals surface area contributed by atoms with Crippen molar-refractivity contribution in [3.8, 4) is 0 Å². The molecule has 0 saturated carbocycles. The molecule has 6 nitrogen and oxygen atoms in total. The van der Waals surface area contributed by atoms with Crippen LogP contribution in [-0.2, 0) is 4.74 Å². The van der Waals surface area contributed by atoms with Gasteiger partial charge in [-0.3, -0.25) is 9.69 Å². The number of hydrogen-bond donors (Lipinski definition) is 2.